The molecule has 0 bridgehead atoms. The molecule has 4 atom stereocenters. The Morgan fingerprint density at radius 3 is 2.71 bits per heavy atom. The lowest BCUT2D eigenvalue weighted by atomic mass is 10.0. The van der Waals surface area contributed by atoms with E-state index in [0.29, 0.717) is 30.8 Å². The Hall–Kier alpha value is -3.23. The minimum Gasteiger partial charge on any atom is -0.441 e. The highest BCUT2D eigenvalue weighted by Crippen LogP contribution is 2.34. The van der Waals surface area contributed by atoms with Gasteiger partial charge in [-0.1, -0.05) is 49.2 Å². The number of anilines is 2. The van der Waals surface area contributed by atoms with Crippen molar-refractivity contribution >= 4 is 28.5 Å². The zero-order valence-corrected chi connectivity index (χ0v) is 18.9. The van der Waals surface area contributed by atoms with Gasteiger partial charge in [-0.25, -0.2) is 14.8 Å². The van der Waals surface area contributed by atoms with E-state index in [4.69, 9.17) is 19.2 Å². The molecule has 2 saturated heterocycles. The molecule has 1 aromatic heterocycles. The molecule has 1 aliphatic carbocycles. The number of nitrogens with zero attached hydrogens (tertiary/aromatic N) is 2. The molecule has 8 heteroatoms. The molecule has 34 heavy (non-hydrogen) atoms. The average Bonchev–Trinajstić information content (AvgIpc) is 3.60. The molecule has 4 unspecified atom stereocenters. The summed E-state index contributed by atoms with van der Waals surface area (Å²) in [6.45, 7) is 0.733. The van der Waals surface area contributed by atoms with Crippen LogP contribution in [0.15, 0.2) is 54.7 Å². The van der Waals surface area contributed by atoms with Crippen molar-refractivity contribution in [1.82, 2.24) is 9.97 Å². The number of hydrogen-bond donors (Lipinski definition) is 2. The minimum atomic E-state index is -0.516. The Balaban J connectivity index is 1.08. The Bertz CT molecular complexity index is 1180. The fourth-order valence-electron chi connectivity index (χ4n) is 5.36. The van der Waals surface area contributed by atoms with E-state index in [1.165, 1.54) is 25.7 Å². The van der Waals surface area contributed by atoms with Gasteiger partial charge in [0, 0.05) is 23.2 Å². The summed E-state index contributed by atoms with van der Waals surface area (Å²) in [5, 5.41) is 8.26. The molecule has 6 rings (SSSR count). The van der Waals surface area contributed by atoms with E-state index in [1.54, 1.807) is 0 Å². The molecule has 2 aromatic carbocycles. The van der Waals surface area contributed by atoms with E-state index in [0.717, 1.165) is 16.5 Å². The number of hydrogen-bond acceptors (Lipinski definition) is 7. The van der Waals surface area contributed by atoms with Crippen LogP contribution in [0.3, 0.4) is 0 Å². The van der Waals surface area contributed by atoms with Gasteiger partial charge in [0.05, 0.1) is 24.9 Å². The topological polar surface area (TPSA) is 94.6 Å². The smallest absolute Gasteiger partial charge is 0.412 e. The third kappa shape index (κ3) is 4.19. The molecule has 176 valence electrons. The van der Waals surface area contributed by atoms with Crippen LogP contribution in [0.5, 0.6) is 0 Å². The molecule has 8 nitrogen and oxygen atoms in total. The van der Waals surface area contributed by atoms with Crippen LogP contribution in [0.4, 0.5) is 16.4 Å². The molecule has 1 saturated carbocycles. The largest absolute Gasteiger partial charge is 0.441 e. The van der Waals surface area contributed by atoms with E-state index in [2.05, 4.69) is 15.6 Å². The van der Waals surface area contributed by atoms with Crippen LogP contribution in [0, 0.1) is 0 Å². The summed E-state index contributed by atoms with van der Waals surface area (Å²) < 4.78 is 17.7. The summed E-state index contributed by atoms with van der Waals surface area (Å²) in [5.41, 5.74) is 1.81. The van der Waals surface area contributed by atoms with Gasteiger partial charge >= 0.3 is 6.09 Å². The second kappa shape index (κ2) is 9.19. The predicted octanol–water partition coefficient (Wildman–Crippen LogP) is 4.48. The molecule has 3 fully saturated rings. The Morgan fingerprint density at radius 2 is 1.79 bits per heavy atom. The molecule has 3 aliphatic rings. The van der Waals surface area contributed by atoms with Crippen molar-refractivity contribution in [2.75, 3.05) is 23.8 Å². The zero-order chi connectivity index (χ0) is 22.9. The molecular formula is C26H28N4O4. The lowest BCUT2D eigenvalue weighted by Crippen LogP contribution is -2.38. The monoisotopic (exact) mass is 460 g/mol. The third-order valence-corrected chi connectivity index (χ3v) is 7.06. The maximum absolute atomic E-state index is 12.7. The lowest BCUT2D eigenvalue weighted by molar-refractivity contribution is 0.00917. The minimum absolute atomic E-state index is 0.0986. The van der Waals surface area contributed by atoms with Gasteiger partial charge in [-0.3, -0.25) is 5.32 Å². The van der Waals surface area contributed by atoms with Gasteiger partial charge in [0.15, 0.2) is 6.10 Å². The van der Waals surface area contributed by atoms with Crippen molar-refractivity contribution in [2.24, 2.45) is 0 Å². The van der Waals surface area contributed by atoms with Gasteiger partial charge in [0.2, 0.25) is 5.95 Å². The summed E-state index contributed by atoms with van der Waals surface area (Å²) >= 11 is 0. The first-order valence-corrected chi connectivity index (χ1v) is 12.0. The van der Waals surface area contributed by atoms with Crippen molar-refractivity contribution in [3.05, 3.63) is 60.4 Å². The number of benzene rings is 2. The van der Waals surface area contributed by atoms with Gasteiger partial charge in [-0.2, -0.15) is 0 Å². The summed E-state index contributed by atoms with van der Waals surface area (Å²) in [5.74, 6) is 1.12. The van der Waals surface area contributed by atoms with Gasteiger partial charge in [-0.05, 0) is 30.4 Å². The number of nitrogens with one attached hydrogen (secondary N) is 2. The standard InChI is InChI=1S/C26H28N4O4/c31-26(30-20-11-5-9-16-6-3-4-10-18(16)20)34-22-15-33-23-21(14-32-24(22)23)29-25-27-13-12-19(28-25)17-7-1-2-8-17/h3-6,9-13,17,21-24H,1-2,7-8,14-15H2,(H,30,31)(H,27,28,29). The first-order chi connectivity index (χ1) is 16.7. The number of ether oxygens (including phenoxy) is 3. The number of fused-ring (bicyclic) bond motifs is 2. The van der Waals surface area contributed by atoms with Crippen LogP contribution in [0.2, 0.25) is 0 Å². The quantitative estimate of drug-likeness (QED) is 0.580. The molecule has 0 radical (unpaired) electrons. The van der Waals surface area contributed by atoms with E-state index in [9.17, 15) is 4.79 Å². The Labute approximate surface area is 198 Å². The first-order valence-electron chi connectivity index (χ1n) is 12.0. The summed E-state index contributed by atoms with van der Waals surface area (Å²) in [6, 6.07) is 15.6. The maximum Gasteiger partial charge on any atom is 0.412 e. The SMILES string of the molecule is O=C(Nc1cccc2ccccc12)OC1COC2C(Nc3nccc(C4CCCC4)n3)COC12. The van der Waals surface area contributed by atoms with Crippen molar-refractivity contribution in [2.45, 2.75) is 56.0 Å². The predicted molar refractivity (Wildman–Crippen MR) is 128 cm³/mol. The van der Waals surface area contributed by atoms with Crippen molar-refractivity contribution in [3.63, 3.8) is 0 Å². The van der Waals surface area contributed by atoms with Crippen molar-refractivity contribution < 1.29 is 19.0 Å². The highest BCUT2D eigenvalue weighted by Gasteiger charge is 2.49. The van der Waals surface area contributed by atoms with Crippen molar-refractivity contribution in [3.8, 4) is 0 Å². The van der Waals surface area contributed by atoms with Crippen LogP contribution < -0.4 is 10.6 Å². The molecular weight excluding hydrogens is 432 g/mol. The summed E-state index contributed by atoms with van der Waals surface area (Å²) in [4.78, 5) is 21.8. The fourth-order valence-corrected chi connectivity index (χ4v) is 5.36. The molecule has 3 heterocycles. The molecule has 3 aromatic rings. The van der Waals surface area contributed by atoms with Crippen LogP contribution in [0.25, 0.3) is 10.8 Å². The first kappa shape index (κ1) is 21.3. The van der Waals surface area contributed by atoms with Gasteiger partial charge in [0.1, 0.15) is 12.2 Å². The second-order valence-electron chi connectivity index (χ2n) is 9.23. The second-order valence-corrected chi connectivity index (χ2v) is 9.23. The average molecular weight is 461 g/mol. The highest BCUT2D eigenvalue weighted by molar-refractivity contribution is 6.00. The van der Waals surface area contributed by atoms with Crippen LogP contribution in [-0.2, 0) is 14.2 Å². The van der Waals surface area contributed by atoms with E-state index < -0.39 is 12.2 Å². The summed E-state index contributed by atoms with van der Waals surface area (Å²) in [7, 11) is 0. The number of carbonyl (C=O) groups excluding carboxylic acids is 1. The lowest BCUT2D eigenvalue weighted by Gasteiger charge is -2.18. The van der Waals surface area contributed by atoms with Crippen LogP contribution in [-0.4, -0.2) is 53.6 Å². The van der Waals surface area contributed by atoms with Crippen LogP contribution in [0.1, 0.15) is 37.3 Å². The number of rotatable bonds is 5. The molecule has 2 aliphatic heterocycles. The highest BCUT2D eigenvalue weighted by atomic mass is 16.6. The van der Waals surface area contributed by atoms with Crippen molar-refractivity contribution in [1.29, 1.82) is 0 Å². The van der Waals surface area contributed by atoms with Gasteiger partial charge in [0.25, 0.3) is 0 Å². The van der Waals surface area contributed by atoms with Crippen LogP contribution >= 0.6 is 0 Å². The zero-order valence-electron chi connectivity index (χ0n) is 18.9. The number of aromatic nitrogens is 2. The normalized spacial score (nSPS) is 26.5. The van der Waals surface area contributed by atoms with Gasteiger partial charge < -0.3 is 19.5 Å². The third-order valence-electron chi connectivity index (χ3n) is 7.06. The van der Waals surface area contributed by atoms with E-state index in [-0.39, 0.29) is 18.2 Å². The number of carbonyl (C=O) groups is 1. The van der Waals surface area contributed by atoms with Gasteiger partial charge in [-0.15, -0.1) is 0 Å². The van der Waals surface area contributed by atoms with E-state index in [1.807, 2.05) is 54.7 Å². The Morgan fingerprint density at radius 1 is 0.971 bits per heavy atom. The number of amides is 1. The molecule has 2 N–H and O–H groups in total. The van der Waals surface area contributed by atoms with E-state index >= 15 is 0 Å². The molecule has 1 amide bonds. The Kier molecular flexibility index (Phi) is 5.76. The molecule has 0 spiro atoms. The fraction of sp³-hybridized carbons (Fsp3) is 0.423. The maximum atomic E-state index is 12.7. The summed E-state index contributed by atoms with van der Waals surface area (Å²) in [6.07, 6.45) is 5.18.